The first kappa shape index (κ1) is 33.6. The van der Waals surface area contributed by atoms with E-state index in [1.807, 2.05) is 36.7 Å². The second-order valence-electron chi connectivity index (χ2n) is 14.3. The van der Waals surface area contributed by atoms with Crippen LogP contribution in [-0.4, -0.2) is 57.0 Å². The molecule has 0 radical (unpaired) electrons. The number of sulfonamides is 1. The van der Waals surface area contributed by atoms with Gasteiger partial charge in [0.05, 0.1) is 28.2 Å². The van der Waals surface area contributed by atoms with E-state index < -0.39 is 26.8 Å². The summed E-state index contributed by atoms with van der Waals surface area (Å²) in [5.74, 6) is 0.380. The van der Waals surface area contributed by atoms with Crippen molar-refractivity contribution in [1.82, 2.24) is 9.71 Å². The normalized spacial score (nSPS) is 32.2. The van der Waals surface area contributed by atoms with E-state index in [2.05, 4.69) is 38.9 Å². The number of anilines is 1. The Morgan fingerprint density at radius 1 is 1.19 bits per heavy atom. The van der Waals surface area contributed by atoms with E-state index in [1.165, 1.54) is 11.1 Å². The largest absolute Gasteiger partial charge is 0.490 e. The smallest absolute Gasteiger partial charge is 0.264 e. The number of nitrogens with zero attached hydrogens (tertiary/aromatic N) is 2. The van der Waals surface area contributed by atoms with Crippen molar-refractivity contribution in [1.29, 1.82) is 0 Å². The second-order valence-corrected chi connectivity index (χ2v) is 17.7. The van der Waals surface area contributed by atoms with Gasteiger partial charge in [0.1, 0.15) is 5.75 Å². The maximum atomic E-state index is 13.5. The molecule has 2 aliphatic heterocycles. The summed E-state index contributed by atoms with van der Waals surface area (Å²) in [6.07, 6.45) is 12.3. The molecule has 48 heavy (non-hydrogen) atoms. The van der Waals surface area contributed by atoms with Crippen LogP contribution in [0.1, 0.15) is 72.4 Å². The molecular weight excluding hydrogens is 666 g/mol. The van der Waals surface area contributed by atoms with Gasteiger partial charge >= 0.3 is 0 Å². The van der Waals surface area contributed by atoms with Crippen LogP contribution in [0, 0.1) is 17.8 Å². The lowest BCUT2D eigenvalue weighted by Crippen LogP contribution is -2.54. The summed E-state index contributed by atoms with van der Waals surface area (Å²) in [6, 6.07) is 11.5. The Balaban J connectivity index is 1.34. The van der Waals surface area contributed by atoms with Crippen molar-refractivity contribution >= 4 is 44.6 Å². The molecule has 2 aliphatic carbocycles. The highest BCUT2D eigenvalue weighted by Crippen LogP contribution is 2.50. The molecule has 4 aliphatic rings. The van der Waals surface area contributed by atoms with Gasteiger partial charge < -0.3 is 14.4 Å². The minimum atomic E-state index is -3.95. The fourth-order valence-corrected chi connectivity index (χ4v) is 10.6. The van der Waals surface area contributed by atoms with Crippen LogP contribution in [0.5, 0.6) is 5.75 Å². The number of hydrogen-bond donors (Lipinski definition) is 1. The summed E-state index contributed by atoms with van der Waals surface area (Å²) >= 11 is 8.10. The van der Waals surface area contributed by atoms with Crippen molar-refractivity contribution in [2.45, 2.75) is 75.1 Å². The molecule has 1 amide bonds. The molecular formula is C37H44ClN3O5S2. The average molecular weight is 710 g/mol. The topological polar surface area (TPSA) is 97.8 Å². The molecule has 11 heteroatoms. The van der Waals surface area contributed by atoms with Crippen molar-refractivity contribution in [3.05, 3.63) is 86.8 Å². The number of halogens is 1. The number of thiazole rings is 1. The molecule has 6 atom stereocenters. The monoisotopic (exact) mass is 709 g/mol. The number of nitrogens with one attached hydrogen (secondary N) is 1. The fourth-order valence-electron chi connectivity index (χ4n) is 8.41. The Morgan fingerprint density at radius 2 is 2.04 bits per heavy atom. The van der Waals surface area contributed by atoms with Crippen LogP contribution >= 0.6 is 22.9 Å². The number of amides is 1. The zero-order chi connectivity index (χ0) is 33.7. The number of allylic oxidation sites excluding steroid dienone is 1. The zero-order valence-corrected chi connectivity index (χ0v) is 30.2. The van der Waals surface area contributed by atoms with Crippen LogP contribution in [0.4, 0.5) is 5.69 Å². The summed E-state index contributed by atoms with van der Waals surface area (Å²) < 4.78 is 42.5. The number of carbonyl (C=O) groups excluding carboxylic acids is 1. The first-order chi connectivity index (χ1) is 23.0. The number of hydrogen-bond acceptors (Lipinski definition) is 8. The molecule has 3 aromatic rings. The molecule has 2 bridgehead atoms. The summed E-state index contributed by atoms with van der Waals surface area (Å²) in [5, 5.41) is 2.97. The fraction of sp³-hybridized carbons (Fsp3) is 0.514. The molecule has 1 spiro atoms. The van der Waals surface area contributed by atoms with Gasteiger partial charge in [0.15, 0.2) is 0 Å². The molecule has 0 saturated heterocycles. The van der Waals surface area contributed by atoms with Crippen molar-refractivity contribution < 1.29 is 22.7 Å². The molecule has 2 aromatic carbocycles. The highest BCUT2D eigenvalue weighted by Gasteiger charge is 2.49. The van der Waals surface area contributed by atoms with E-state index in [4.69, 9.17) is 21.1 Å². The Hall–Kier alpha value is -2.92. The van der Waals surface area contributed by atoms with Crippen molar-refractivity contribution in [2.24, 2.45) is 17.8 Å². The predicted molar refractivity (Wildman–Crippen MR) is 191 cm³/mol. The summed E-state index contributed by atoms with van der Waals surface area (Å²) in [7, 11) is -2.16. The van der Waals surface area contributed by atoms with Crippen LogP contribution < -0.4 is 14.4 Å². The number of carbonyl (C=O) groups is 1. The van der Waals surface area contributed by atoms with Gasteiger partial charge in [-0.25, -0.2) is 18.1 Å². The first-order valence-electron chi connectivity index (χ1n) is 17.0. The van der Waals surface area contributed by atoms with Gasteiger partial charge in [-0.15, -0.1) is 11.3 Å². The molecule has 1 aromatic heterocycles. The van der Waals surface area contributed by atoms with Crippen LogP contribution in [0.2, 0.25) is 5.02 Å². The van der Waals surface area contributed by atoms with E-state index in [9.17, 15) is 13.2 Å². The van der Waals surface area contributed by atoms with Crippen molar-refractivity contribution in [3.63, 3.8) is 0 Å². The van der Waals surface area contributed by atoms with E-state index in [-0.39, 0.29) is 17.3 Å². The van der Waals surface area contributed by atoms with Crippen LogP contribution in [0.15, 0.2) is 60.1 Å². The number of rotatable bonds is 3. The van der Waals surface area contributed by atoms with Crippen LogP contribution in [-0.2, 0) is 33.0 Å². The number of benzene rings is 2. The summed E-state index contributed by atoms with van der Waals surface area (Å²) in [5.41, 5.74) is 2.79. The van der Waals surface area contributed by atoms with Gasteiger partial charge in [-0.3, -0.25) is 4.79 Å². The van der Waals surface area contributed by atoms with Crippen molar-refractivity contribution in [3.8, 4) is 5.75 Å². The predicted octanol–water partition coefficient (Wildman–Crippen LogP) is 6.97. The number of methoxy groups -OCH3 is 1. The standard InChI is InChI=1S/C37H44ClN3O5S2/c1-24-6-4-15-37(45-3,20-34-39-16-17-47-34)31-11-8-28(31)21-41-22-36(14-5-7-26-18-29(38)10-12-30(26)36)23-46-33-13-9-27(19-32(33)41)35(42)40-48(43,44)25(24)2/h4,9-10,12-13,15-19,24-25,28,31H,5-8,11,14,20-23H2,1-3H3,(H,40,42)/b15-4-/t24-,25+,28-,31+,36-,37+/m0/s1. The Kier molecular flexibility index (Phi) is 9.15. The van der Waals surface area contributed by atoms with E-state index >= 15 is 0 Å². The average Bonchev–Trinajstić information content (AvgIpc) is 3.51. The van der Waals surface area contributed by atoms with Gasteiger partial charge in [0.2, 0.25) is 10.0 Å². The van der Waals surface area contributed by atoms with E-state index in [0.717, 1.165) is 54.4 Å². The third-order valence-corrected chi connectivity index (χ3v) is 14.5. The molecule has 3 heterocycles. The summed E-state index contributed by atoms with van der Waals surface area (Å²) in [6.45, 7) is 5.54. The van der Waals surface area contributed by atoms with Gasteiger partial charge in [-0.05, 0) is 105 Å². The van der Waals surface area contributed by atoms with Gasteiger partial charge in [0.25, 0.3) is 5.91 Å². The lowest BCUT2D eigenvalue weighted by Gasteiger charge is -2.50. The molecule has 0 unspecified atom stereocenters. The van der Waals surface area contributed by atoms with Crippen LogP contribution in [0.25, 0.3) is 0 Å². The third-order valence-electron chi connectivity index (χ3n) is 11.5. The summed E-state index contributed by atoms with van der Waals surface area (Å²) in [4.78, 5) is 20.6. The molecule has 256 valence electrons. The minimum Gasteiger partial charge on any atom is -0.490 e. The lowest BCUT2D eigenvalue weighted by atomic mass is 9.63. The molecule has 8 nitrogen and oxygen atoms in total. The number of ether oxygens (including phenoxy) is 2. The second kappa shape index (κ2) is 13.1. The van der Waals surface area contributed by atoms with Gasteiger partial charge in [0, 0.05) is 54.2 Å². The highest BCUT2D eigenvalue weighted by molar-refractivity contribution is 7.90. The van der Waals surface area contributed by atoms with Crippen LogP contribution in [0.3, 0.4) is 0 Å². The quantitative estimate of drug-likeness (QED) is 0.294. The zero-order valence-electron chi connectivity index (χ0n) is 27.8. The molecule has 7 rings (SSSR count). The lowest BCUT2D eigenvalue weighted by molar-refractivity contribution is -0.0745. The Labute approximate surface area is 292 Å². The van der Waals surface area contributed by atoms with E-state index in [1.54, 1.807) is 31.4 Å². The molecule has 1 fully saturated rings. The SMILES string of the molecule is CO[C@@]1(Cc2nccs2)/C=C\C[C@H](C)[C@@H](C)S(=O)(=O)NC(=O)c2ccc3c(c2)N(C[C@@H]2CC[C@H]21)C[C@@]1(CCCc2cc(Cl)ccc21)CO3. The van der Waals surface area contributed by atoms with Crippen molar-refractivity contribution in [2.75, 3.05) is 31.7 Å². The number of aromatic nitrogens is 1. The third kappa shape index (κ3) is 6.18. The Bertz CT molecular complexity index is 1810. The molecule has 1 N–H and O–H groups in total. The van der Waals surface area contributed by atoms with E-state index in [0.29, 0.717) is 43.2 Å². The number of fused-ring (bicyclic) bond motifs is 4. The van der Waals surface area contributed by atoms with Gasteiger partial charge in [-0.2, -0.15) is 0 Å². The highest BCUT2D eigenvalue weighted by atomic mass is 35.5. The van der Waals surface area contributed by atoms with Gasteiger partial charge in [-0.1, -0.05) is 36.7 Å². The maximum Gasteiger partial charge on any atom is 0.264 e. The molecule has 1 saturated carbocycles. The maximum absolute atomic E-state index is 13.5. The Morgan fingerprint density at radius 3 is 2.79 bits per heavy atom. The number of aryl methyl sites for hydroxylation is 1. The minimum absolute atomic E-state index is 0.222. The first-order valence-corrected chi connectivity index (χ1v) is 19.8.